The van der Waals surface area contributed by atoms with E-state index in [1.54, 1.807) is 6.20 Å². The molecule has 6 heteroatoms. The van der Waals surface area contributed by atoms with Crippen molar-refractivity contribution >= 4 is 17.7 Å². The van der Waals surface area contributed by atoms with E-state index in [0.717, 1.165) is 37.2 Å². The van der Waals surface area contributed by atoms with Gasteiger partial charge in [0, 0.05) is 41.0 Å². The van der Waals surface area contributed by atoms with Gasteiger partial charge in [0.05, 0.1) is 12.7 Å². The van der Waals surface area contributed by atoms with Crippen molar-refractivity contribution in [3.8, 4) is 11.4 Å². The molecule has 1 atom stereocenters. The molecule has 1 amide bonds. The Kier molecular flexibility index (Phi) is 6.73. The number of carbonyl (C=O) groups is 1. The van der Waals surface area contributed by atoms with Gasteiger partial charge < -0.3 is 9.64 Å². The summed E-state index contributed by atoms with van der Waals surface area (Å²) < 4.78 is 7.08. The second kappa shape index (κ2) is 9.08. The average molecular weight is 415 g/mol. The summed E-state index contributed by atoms with van der Waals surface area (Å²) in [6, 6.07) is 11.0. The minimum atomic E-state index is -0.219. The third kappa shape index (κ3) is 5.24. The lowest BCUT2D eigenvalue weighted by molar-refractivity contribution is 0.0636. The van der Waals surface area contributed by atoms with Gasteiger partial charge in [0.2, 0.25) is 0 Å². The van der Waals surface area contributed by atoms with Crippen LogP contribution in [0.3, 0.4) is 0 Å². The highest BCUT2D eigenvalue weighted by molar-refractivity contribution is 8.00. The van der Waals surface area contributed by atoms with Gasteiger partial charge >= 0.3 is 0 Å². The van der Waals surface area contributed by atoms with Gasteiger partial charge in [-0.15, -0.1) is 0 Å². The molecule has 0 saturated carbocycles. The first-order valence-corrected chi connectivity index (χ1v) is 11.1. The Morgan fingerprint density at radius 3 is 2.59 bits per heavy atom. The van der Waals surface area contributed by atoms with Crippen molar-refractivity contribution in [1.29, 1.82) is 0 Å². The number of hydrogen-bond donors (Lipinski definition) is 0. The molecule has 5 nitrogen and oxygen atoms in total. The zero-order chi connectivity index (χ0) is 21.0. The van der Waals surface area contributed by atoms with Crippen LogP contribution in [-0.4, -0.2) is 45.6 Å². The fraction of sp³-hybridized carbons (Fsp3) is 0.478. The highest BCUT2D eigenvalue weighted by Gasteiger charge is 2.30. The maximum atomic E-state index is 13.5. The van der Waals surface area contributed by atoms with Gasteiger partial charge in [0.15, 0.2) is 0 Å². The molecular formula is C23H30N2O3S. The standard InChI is InChI=1S/C23H30N2O3S/c1-23(2,3)29-16-18-12-8-9-13-24(18)22(27)19-15-25(17-10-6-5-7-11-17)21(26)14-20(19)28-4/h5-7,10-11,14-15,18H,8-9,12-13,16H2,1-4H3. The van der Waals surface area contributed by atoms with Crippen LogP contribution < -0.4 is 10.3 Å². The molecule has 29 heavy (non-hydrogen) atoms. The van der Waals surface area contributed by atoms with Crippen LogP contribution in [0, 0.1) is 0 Å². The number of hydrogen-bond acceptors (Lipinski definition) is 4. The van der Waals surface area contributed by atoms with Crippen molar-refractivity contribution < 1.29 is 9.53 Å². The normalized spacial score (nSPS) is 17.2. The molecular weight excluding hydrogens is 384 g/mol. The van der Waals surface area contributed by atoms with E-state index in [0.29, 0.717) is 11.3 Å². The summed E-state index contributed by atoms with van der Waals surface area (Å²) in [7, 11) is 1.50. The lowest BCUT2D eigenvalue weighted by atomic mass is 10.0. The predicted molar refractivity (Wildman–Crippen MR) is 119 cm³/mol. The number of rotatable bonds is 5. The maximum Gasteiger partial charge on any atom is 0.259 e. The number of likely N-dealkylation sites (tertiary alicyclic amines) is 1. The number of nitrogens with zero attached hydrogens (tertiary/aromatic N) is 2. The first-order chi connectivity index (χ1) is 13.8. The number of pyridine rings is 1. The molecule has 0 bridgehead atoms. The summed E-state index contributed by atoms with van der Waals surface area (Å²) in [5, 5.41) is 0. The molecule has 0 spiro atoms. The van der Waals surface area contributed by atoms with E-state index < -0.39 is 0 Å². The van der Waals surface area contributed by atoms with E-state index in [9.17, 15) is 9.59 Å². The van der Waals surface area contributed by atoms with Crippen molar-refractivity contribution in [1.82, 2.24) is 9.47 Å². The molecule has 1 aromatic carbocycles. The molecule has 2 aromatic rings. The maximum absolute atomic E-state index is 13.5. The van der Waals surface area contributed by atoms with E-state index in [1.807, 2.05) is 47.0 Å². The van der Waals surface area contributed by atoms with Gasteiger partial charge in [-0.25, -0.2) is 0 Å². The second-order valence-electron chi connectivity index (χ2n) is 8.37. The van der Waals surface area contributed by atoms with E-state index in [2.05, 4.69) is 20.8 Å². The lowest BCUT2D eigenvalue weighted by Crippen LogP contribution is -2.46. The molecule has 1 unspecified atom stereocenters. The van der Waals surface area contributed by atoms with Crippen molar-refractivity contribution in [2.45, 2.75) is 50.8 Å². The van der Waals surface area contributed by atoms with Crippen LogP contribution in [0.25, 0.3) is 5.69 Å². The van der Waals surface area contributed by atoms with Crippen molar-refractivity contribution in [2.75, 3.05) is 19.4 Å². The number of para-hydroxylation sites is 1. The largest absolute Gasteiger partial charge is 0.496 e. The second-order valence-corrected chi connectivity index (χ2v) is 10.2. The molecule has 1 saturated heterocycles. The third-order valence-electron chi connectivity index (χ3n) is 5.10. The van der Waals surface area contributed by atoms with Crippen molar-refractivity contribution in [3.05, 3.63) is 58.5 Å². The number of carbonyl (C=O) groups excluding carboxylic acids is 1. The van der Waals surface area contributed by atoms with Crippen LogP contribution in [0.1, 0.15) is 50.4 Å². The number of piperidine rings is 1. The third-order valence-corrected chi connectivity index (χ3v) is 6.51. The quantitative estimate of drug-likeness (QED) is 0.729. The first kappa shape index (κ1) is 21.5. The van der Waals surface area contributed by atoms with E-state index >= 15 is 0 Å². The minimum Gasteiger partial charge on any atom is -0.496 e. The van der Waals surface area contributed by atoms with Gasteiger partial charge in [0.1, 0.15) is 5.75 Å². The molecule has 1 fully saturated rings. The zero-order valence-electron chi connectivity index (χ0n) is 17.7. The SMILES string of the molecule is COc1cc(=O)n(-c2ccccc2)cc1C(=O)N1CCCCC1CSC(C)(C)C. The van der Waals surface area contributed by atoms with Crippen LogP contribution >= 0.6 is 11.8 Å². The smallest absolute Gasteiger partial charge is 0.259 e. The topological polar surface area (TPSA) is 51.5 Å². The molecule has 1 aromatic heterocycles. The number of amides is 1. The Balaban J connectivity index is 1.95. The van der Waals surface area contributed by atoms with Gasteiger partial charge in [-0.3, -0.25) is 14.2 Å². The minimum absolute atomic E-state index is 0.0641. The number of benzene rings is 1. The molecule has 2 heterocycles. The van der Waals surface area contributed by atoms with E-state index in [1.165, 1.54) is 17.7 Å². The van der Waals surface area contributed by atoms with Crippen molar-refractivity contribution in [3.63, 3.8) is 0 Å². The van der Waals surface area contributed by atoms with Gasteiger partial charge in [-0.2, -0.15) is 11.8 Å². The molecule has 0 N–H and O–H groups in total. The number of thioether (sulfide) groups is 1. The van der Waals surface area contributed by atoms with Gasteiger partial charge in [0.25, 0.3) is 11.5 Å². The Morgan fingerprint density at radius 2 is 1.93 bits per heavy atom. The summed E-state index contributed by atoms with van der Waals surface area (Å²) >= 11 is 1.89. The molecule has 1 aliphatic rings. The molecule has 156 valence electrons. The van der Waals surface area contributed by atoms with E-state index in [-0.39, 0.29) is 22.3 Å². The molecule has 1 aliphatic heterocycles. The van der Waals surface area contributed by atoms with Crippen molar-refractivity contribution in [2.24, 2.45) is 0 Å². The Morgan fingerprint density at radius 1 is 1.21 bits per heavy atom. The summed E-state index contributed by atoms with van der Waals surface area (Å²) in [5.41, 5.74) is 0.944. The summed E-state index contributed by atoms with van der Waals surface area (Å²) in [6.07, 6.45) is 4.78. The fourth-order valence-corrected chi connectivity index (χ4v) is 4.62. The number of aromatic nitrogens is 1. The highest BCUT2D eigenvalue weighted by Crippen LogP contribution is 2.30. The van der Waals surface area contributed by atoms with Gasteiger partial charge in [-0.05, 0) is 31.4 Å². The summed E-state index contributed by atoms with van der Waals surface area (Å²) in [5.74, 6) is 1.18. The molecule has 0 radical (unpaired) electrons. The first-order valence-electron chi connectivity index (χ1n) is 10.1. The Hall–Kier alpha value is -2.21. The lowest BCUT2D eigenvalue weighted by Gasteiger charge is -2.37. The zero-order valence-corrected chi connectivity index (χ0v) is 18.5. The fourth-order valence-electron chi connectivity index (χ4n) is 3.58. The molecule has 0 aliphatic carbocycles. The van der Waals surface area contributed by atoms with Gasteiger partial charge in [-0.1, -0.05) is 39.0 Å². The highest BCUT2D eigenvalue weighted by atomic mass is 32.2. The predicted octanol–water partition coefficient (Wildman–Crippen LogP) is 4.37. The van der Waals surface area contributed by atoms with E-state index in [4.69, 9.17) is 4.74 Å². The number of ether oxygens (including phenoxy) is 1. The summed E-state index contributed by atoms with van der Waals surface area (Å²) in [4.78, 5) is 28.1. The summed E-state index contributed by atoms with van der Waals surface area (Å²) in [6.45, 7) is 7.34. The average Bonchev–Trinajstić information content (AvgIpc) is 2.71. The van der Waals surface area contributed by atoms with Crippen LogP contribution in [0.2, 0.25) is 0 Å². The van der Waals surface area contributed by atoms with Crippen LogP contribution in [0.15, 0.2) is 47.4 Å². The Labute approximate surface area is 177 Å². The van der Waals surface area contributed by atoms with Crippen LogP contribution in [0.4, 0.5) is 0 Å². The Bertz CT molecular complexity index is 903. The molecule has 3 rings (SSSR count). The monoisotopic (exact) mass is 414 g/mol. The van der Waals surface area contributed by atoms with Crippen LogP contribution in [0.5, 0.6) is 5.75 Å². The number of methoxy groups -OCH3 is 1. The van der Waals surface area contributed by atoms with Crippen LogP contribution in [-0.2, 0) is 0 Å².